The van der Waals surface area contributed by atoms with E-state index in [0.717, 1.165) is 61.6 Å². The van der Waals surface area contributed by atoms with Crippen LogP contribution in [0, 0.1) is 0 Å². The van der Waals surface area contributed by atoms with E-state index < -0.39 is 0 Å². The quantitative estimate of drug-likeness (QED) is 0.273. The van der Waals surface area contributed by atoms with E-state index in [2.05, 4.69) is 38.6 Å². The molecule has 1 fully saturated rings. The van der Waals surface area contributed by atoms with Gasteiger partial charge in [0.2, 0.25) is 0 Å². The molecule has 0 saturated heterocycles. The number of nitrogens with one attached hydrogen (secondary N) is 2. The van der Waals surface area contributed by atoms with Crippen LogP contribution in [0.2, 0.25) is 0 Å². The fourth-order valence-corrected chi connectivity index (χ4v) is 4.25. The molecule has 1 aliphatic carbocycles. The standard InChI is InChI=1S/C20H32N6OS/c1-3-21-19(23-14-12-17-10-7-15-27-17)22-13-6-11-18-24-25-20(28-2)26(18)16-8-4-5-9-16/h7,10,15-16H,3-6,8-9,11-14H2,1-2H3,(H2,21,22,23). The van der Waals surface area contributed by atoms with Crippen LogP contribution < -0.4 is 10.6 Å². The Labute approximate surface area is 171 Å². The van der Waals surface area contributed by atoms with E-state index in [-0.39, 0.29) is 0 Å². The number of aryl methyl sites for hydroxylation is 1. The van der Waals surface area contributed by atoms with E-state index >= 15 is 0 Å². The molecular formula is C20H32N6OS. The van der Waals surface area contributed by atoms with Gasteiger partial charge in [0, 0.05) is 38.5 Å². The number of thioether (sulfide) groups is 1. The van der Waals surface area contributed by atoms with Crippen molar-refractivity contribution in [1.82, 2.24) is 25.4 Å². The zero-order chi connectivity index (χ0) is 19.6. The first-order chi connectivity index (χ1) is 13.8. The number of nitrogens with zero attached hydrogens (tertiary/aromatic N) is 4. The molecule has 0 radical (unpaired) electrons. The van der Waals surface area contributed by atoms with Crippen molar-refractivity contribution >= 4 is 17.7 Å². The van der Waals surface area contributed by atoms with Gasteiger partial charge in [0.05, 0.1) is 6.26 Å². The van der Waals surface area contributed by atoms with Crippen molar-refractivity contribution in [2.24, 2.45) is 4.99 Å². The summed E-state index contributed by atoms with van der Waals surface area (Å²) < 4.78 is 7.75. The number of aliphatic imine (C=N–C) groups is 1. The molecule has 0 aromatic carbocycles. The van der Waals surface area contributed by atoms with Crippen molar-refractivity contribution in [3.8, 4) is 0 Å². The molecule has 2 aromatic rings. The number of hydrogen-bond acceptors (Lipinski definition) is 5. The lowest BCUT2D eigenvalue weighted by atomic mass is 10.2. The van der Waals surface area contributed by atoms with Crippen molar-refractivity contribution < 1.29 is 4.42 Å². The van der Waals surface area contributed by atoms with E-state index in [0.29, 0.717) is 6.04 Å². The fourth-order valence-electron chi connectivity index (χ4n) is 3.67. The molecule has 7 nitrogen and oxygen atoms in total. The minimum Gasteiger partial charge on any atom is -0.469 e. The van der Waals surface area contributed by atoms with Crippen LogP contribution in [0.25, 0.3) is 0 Å². The second-order valence-electron chi connectivity index (χ2n) is 7.03. The molecule has 0 aliphatic heterocycles. The Bertz CT molecular complexity index is 721. The van der Waals surface area contributed by atoms with E-state index in [9.17, 15) is 0 Å². The number of rotatable bonds is 10. The third-order valence-electron chi connectivity index (χ3n) is 5.02. The first-order valence-corrected chi connectivity index (χ1v) is 11.6. The smallest absolute Gasteiger partial charge is 0.191 e. The van der Waals surface area contributed by atoms with Crippen molar-refractivity contribution in [3.05, 3.63) is 30.0 Å². The first-order valence-electron chi connectivity index (χ1n) is 10.3. The summed E-state index contributed by atoms with van der Waals surface area (Å²) in [6.07, 6.45) is 11.7. The number of furan rings is 1. The Morgan fingerprint density at radius 2 is 2.14 bits per heavy atom. The summed E-state index contributed by atoms with van der Waals surface area (Å²) >= 11 is 1.70. The average molecular weight is 405 g/mol. The maximum atomic E-state index is 5.37. The molecule has 2 N–H and O–H groups in total. The summed E-state index contributed by atoms with van der Waals surface area (Å²) in [5.74, 6) is 2.96. The van der Waals surface area contributed by atoms with Gasteiger partial charge >= 0.3 is 0 Å². The monoisotopic (exact) mass is 404 g/mol. The molecule has 2 heterocycles. The SMILES string of the molecule is CCNC(=NCCCc1nnc(SC)n1C1CCCC1)NCCc1ccco1. The zero-order valence-electron chi connectivity index (χ0n) is 17.0. The Morgan fingerprint density at radius 1 is 1.29 bits per heavy atom. The van der Waals surface area contributed by atoms with Gasteiger partial charge in [-0.25, -0.2) is 0 Å². The molecule has 28 heavy (non-hydrogen) atoms. The summed E-state index contributed by atoms with van der Waals surface area (Å²) in [5.41, 5.74) is 0. The van der Waals surface area contributed by atoms with Crippen molar-refractivity contribution in [1.29, 1.82) is 0 Å². The van der Waals surface area contributed by atoms with Crippen LogP contribution >= 0.6 is 11.8 Å². The highest BCUT2D eigenvalue weighted by atomic mass is 32.2. The summed E-state index contributed by atoms with van der Waals surface area (Å²) in [5, 5.41) is 16.6. The van der Waals surface area contributed by atoms with Crippen molar-refractivity contribution in [2.45, 2.75) is 63.1 Å². The minimum absolute atomic E-state index is 0.580. The van der Waals surface area contributed by atoms with Gasteiger partial charge in [0.1, 0.15) is 11.6 Å². The fraction of sp³-hybridized carbons (Fsp3) is 0.650. The molecule has 0 atom stereocenters. The molecule has 2 aromatic heterocycles. The number of guanidine groups is 1. The molecule has 8 heteroatoms. The second-order valence-corrected chi connectivity index (χ2v) is 7.80. The van der Waals surface area contributed by atoms with Gasteiger partial charge in [-0.15, -0.1) is 10.2 Å². The second kappa shape index (κ2) is 11.1. The average Bonchev–Trinajstić information content (AvgIpc) is 3.46. The van der Waals surface area contributed by atoms with Crippen molar-refractivity contribution in [3.63, 3.8) is 0 Å². The highest BCUT2D eigenvalue weighted by Crippen LogP contribution is 2.33. The van der Waals surface area contributed by atoms with Crippen LogP contribution in [-0.2, 0) is 12.8 Å². The summed E-state index contributed by atoms with van der Waals surface area (Å²) in [7, 11) is 0. The Kier molecular flexibility index (Phi) is 8.26. The van der Waals surface area contributed by atoms with Gasteiger partial charge in [0.15, 0.2) is 11.1 Å². The molecule has 0 amide bonds. The van der Waals surface area contributed by atoms with Gasteiger partial charge in [-0.3, -0.25) is 4.99 Å². The van der Waals surface area contributed by atoms with Gasteiger partial charge in [0.25, 0.3) is 0 Å². The van der Waals surface area contributed by atoms with Gasteiger partial charge in [-0.2, -0.15) is 0 Å². The van der Waals surface area contributed by atoms with Gasteiger partial charge in [-0.05, 0) is 44.6 Å². The van der Waals surface area contributed by atoms with Gasteiger partial charge in [-0.1, -0.05) is 24.6 Å². The van der Waals surface area contributed by atoms with Crippen molar-refractivity contribution in [2.75, 3.05) is 25.9 Å². The zero-order valence-corrected chi connectivity index (χ0v) is 17.8. The highest BCUT2D eigenvalue weighted by Gasteiger charge is 2.23. The topological polar surface area (TPSA) is 80.3 Å². The van der Waals surface area contributed by atoms with E-state index in [4.69, 9.17) is 9.41 Å². The molecule has 0 unspecified atom stereocenters. The number of hydrogen-bond donors (Lipinski definition) is 2. The predicted molar refractivity (Wildman–Crippen MR) is 114 cm³/mol. The van der Waals surface area contributed by atoms with E-state index in [1.165, 1.54) is 25.7 Å². The van der Waals surface area contributed by atoms with E-state index in [1.54, 1.807) is 18.0 Å². The molecule has 0 bridgehead atoms. The Morgan fingerprint density at radius 3 is 2.86 bits per heavy atom. The molecule has 1 aliphatic rings. The normalized spacial score (nSPS) is 15.3. The molecule has 1 saturated carbocycles. The van der Waals surface area contributed by atoms with Crippen LogP contribution in [-0.4, -0.2) is 46.6 Å². The third-order valence-corrected chi connectivity index (χ3v) is 5.67. The minimum atomic E-state index is 0.580. The summed E-state index contributed by atoms with van der Waals surface area (Å²) in [6, 6.07) is 4.49. The number of aromatic nitrogens is 3. The third kappa shape index (κ3) is 5.77. The van der Waals surface area contributed by atoms with Crippen LogP contribution in [0.1, 0.15) is 56.7 Å². The molecule has 154 valence electrons. The largest absolute Gasteiger partial charge is 0.469 e. The molecular weight excluding hydrogens is 372 g/mol. The van der Waals surface area contributed by atoms with Crippen LogP contribution in [0.15, 0.2) is 33.0 Å². The molecule has 0 spiro atoms. The van der Waals surface area contributed by atoms with Crippen LogP contribution in [0.5, 0.6) is 0 Å². The lowest BCUT2D eigenvalue weighted by Gasteiger charge is -2.16. The Balaban J connectivity index is 1.49. The maximum absolute atomic E-state index is 5.37. The summed E-state index contributed by atoms with van der Waals surface area (Å²) in [4.78, 5) is 4.70. The summed E-state index contributed by atoms with van der Waals surface area (Å²) in [6.45, 7) is 4.49. The van der Waals surface area contributed by atoms with Gasteiger partial charge < -0.3 is 19.6 Å². The predicted octanol–water partition coefficient (Wildman–Crippen LogP) is 3.44. The maximum Gasteiger partial charge on any atom is 0.191 e. The van der Waals surface area contributed by atoms with Crippen LogP contribution in [0.4, 0.5) is 0 Å². The lowest BCUT2D eigenvalue weighted by Crippen LogP contribution is -2.38. The highest BCUT2D eigenvalue weighted by molar-refractivity contribution is 7.98. The van der Waals surface area contributed by atoms with E-state index in [1.807, 2.05) is 12.1 Å². The van der Waals surface area contributed by atoms with Crippen LogP contribution in [0.3, 0.4) is 0 Å². The lowest BCUT2D eigenvalue weighted by molar-refractivity contribution is 0.461. The Hall–Kier alpha value is -1.96. The first kappa shape index (κ1) is 20.8. The molecule has 3 rings (SSSR count).